The lowest BCUT2D eigenvalue weighted by Gasteiger charge is -2.19. The first-order valence-electron chi connectivity index (χ1n) is 13.8. The molecule has 0 aliphatic heterocycles. The molecule has 5 aromatic rings. The zero-order chi connectivity index (χ0) is 29.5. The highest BCUT2D eigenvalue weighted by molar-refractivity contribution is 6.02. The van der Waals surface area contributed by atoms with E-state index in [4.69, 9.17) is 14.0 Å². The van der Waals surface area contributed by atoms with Crippen LogP contribution in [0.2, 0.25) is 0 Å². The van der Waals surface area contributed by atoms with E-state index in [9.17, 15) is 9.59 Å². The van der Waals surface area contributed by atoms with Crippen LogP contribution in [0.25, 0.3) is 22.5 Å². The number of carbonyl (C=O) groups excluding carboxylic acids is 2. The number of nitrogens with one attached hydrogen (secondary N) is 1. The summed E-state index contributed by atoms with van der Waals surface area (Å²) in [6, 6.07) is 30.7. The summed E-state index contributed by atoms with van der Waals surface area (Å²) in [5, 5.41) is 6.81. The number of carbonyl (C=O) groups is 2. The molecule has 7 heteroatoms. The lowest BCUT2D eigenvalue weighted by Crippen LogP contribution is -2.19. The van der Waals surface area contributed by atoms with Gasteiger partial charge in [-0.05, 0) is 34.2 Å². The van der Waals surface area contributed by atoms with E-state index in [2.05, 4.69) is 24.3 Å². The van der Waals surface area contributed by atoms with E-state index in [0.717, 1.165) is 23.0 Å². The maximum Gasteiger partial charge on any atom is 0.273 e. The van der Waals surface area contributed by atoms with Crippen molar-refractivity contribution in [1.29, 1.82) is 0 Å². The van der Waals surface area contributed by atoms with Crippen LogP contribution in [0.1, 0.15) is 57.3 Å². The van der Waals surface area contributed by atoms with E-state index in [-0.39, 0.29) is 11.6 Å². The number of aromatic nitrogens is 1. The Bertz CT molecular complexity index is 1660. The summed E-state index contributed by atoms with van der Waals surface area (Å²) < 4.78 is 18.7. The molecule has 1 amide bonds. The molecule has 212 valence electrons. The minimum Gasteiger partial charge on any atom is -0.488 e. The molecule has 5 rings (SSSR count). The molecule has 0 saturated heterocycles. The molecule has 0 fully saturated rings. The van der Waals surface area contributed by atoms with Gasteiger partial charge in [0.05, 0.1) is 11.1 Å². The highest BCUT2D eigenvalue weighted by atomic mass is 16.5. The fourth-order valence-corrected chi connectivity index (χ4v) is 4.67. The first-order valence-corrected chi connectivity index (χ1v) is 13.8. The van der Waals surface area contributed by atoms with Gasteiger partial charge in [-0.15, -0.1) is 0 Å². The van der Waals surface area contributed by atoms with Crippen molar-refractivity contribution >= 4 is 12.2 Å². The SMILES string of the molecule is CNC(=O)c1noc(-c2cc(C(C)C)c(OCc3ccccc3)cc2OCc2ccccc2)c1-c1ccc(C=O)cc1. The van der Waals surface area contributed by atoms with Crippen LogP contribution in [0.5, 0.6) is 11.5 Å². The molecule has 0 bridgehead atoms. The summed E-state index contributed by atoms with van der Waals surface area (Å²) in [4.78, 5) is 24.2. The standard InChI is InChI=1S/C35H32N2O5/c1-23(2)28-18-29(34-32(33(37-42-34)35(39)36-3)27-16-14-24(20-38)15-17-27)31(41-22-26-12-8-5-9-13-26)19-30(28)40-21-25-10-6-4-7-11-25/h4-20,23H,21-22H2,1-3H3,(H,36,39). The largest absolute Gasteiger partial charge is 0.488 e. The van der Waals surface area contributed by atoms with E-state index in [1.807, 2.05) is 72.8 Å². The predicted octanol–water partition coefficient (Wildman–Crippen LogP) is 7.46. The van der Waals surface area contributed by atoms with E-state index < -0.39 is 5.91 Å². The number of amides is 1. The first-order chi connectivity index (χ1) is 20.5. The Morgan fingerprint density at radius 1 is 0.857 bits per heavy atom. The second-order valence-electron chi connectivity index (χ2n) is 10.1. The summed E-state index contributed by atoms with van der Waals surface area (Å²) in [5.41, 5.74) is 5.48. The van der Waals surface area contributed by atoms with Crippen molar-refractivity contribution in [3.63, 3.8) is 0 Å². The molecule has 0 unspecified atom stereocenters. The van der Waals surface area contributed by atoms with Gasteiger partial charge in [-0.2, -0.15) is 0 Å². The molecular formula is C35H32N2O5. The Morgan fingerprint density at radius 2 is 1.45 bits per heavy atom. The van der Waals surface area contributed by atoms with Gasteiger partial charge in [-0.3, -0.25) is 9.59 Å². The van der Waals surface area contributed by atoms with Gasteiger partial charge in [0.25, 0.3) is 5.91 Å². The number of hydrogen-bond donors (Lipinski definition) is 1. The average Bonchev–Trinajstić information content (AvgIpc) is 3.48. The van der Waals surface area contributed by atoms with Crippen LogP contribution < -0.4 is 14.8 Å². The fraction of sp³-hybridized carbons (Fsp3) is 0.171. The summed E-state index contributed by atoms with van der Waals surface area (Å²) in [6.45, 7) is 4.89. The Balaban J connectivity index is 1.66. The van der Waals surface area contributed by atoms with Gasteiger partial charge < -0.3 is 19.3 Å². The molecule has 1 aromatic heterocycles. The van der Waals surface area contributed by atoms with E-state index in [1.54, 1.807) is 31.3 Å². The number of nitrogens with zero attached hydrogens (tertiary/aromatic N) is 1. The second kappa shape index (κ2) is 13.0. The molecule has 0 atom stereocenters. The third kappa shape index (κ3) is 6.25. The summed E-state index contributed by atoms with van der Waals surface area (Å²) in [5.74, 6) is 1.32. The zero-order valence-corrected chi connectivity index (χ0v) is 23.8. The van der Waals surface area contributed by atoms with Crippen LogP contribution in [-0.4, -0.2) is 24.4 Å². The van der Waals surface area contributed by atoms with Gasteiger partial charge in [-0.1, -0.05) is 104 Å². The van der Waals surface area contributed by atoms with Crippen LogP contribution in [-0.2, 0) is 13.2 Å². The Hall–Kier alpha value is -5.17. The molecule has 0 aliphatic rings. The van der Waals surface area contributed by atoms with Crippen molar-refractivity contribution < 1.29 is 23.6 Å². The molecule has 0 saturated carbocycles. The molecule has 42 heavy (non-hydrogen) atoms. The van der Waals surface area contributed by atoms with Gasteiger partial charge in [0.1, 0.15) is 31.0 Å². The number of ether oxygens (including phenoxy) is 2. The molecular weight excluding hydrogens is 528 g/mol. The maximum atomic E-state index is 12.9. The third-order valence-corrected chi connectivity index (χ3v) is 6.92. The number of rotatable bonds is 11. The van der Waals surface area contributed by atoms with Crippen molar-refractivity contribution in [3.8, 4) is 33.9 Å². The summed E-state index contributed by atoms with van der Waals surface area (Å²) >= 11 is 0. The van der Waals surface area contributed by atoms with Gasteiger partial charge >= 0.3 is 0 Å². The summed E-state index contributed by atoms with van der Waals surface area (Å²) in [6.07, 6.45) is 0.774. The summed E-state index contributed by atoms with van der Waals surface area (Å²) in [7, 11) is 1.54. The second-order valence-corrected chi connectivity index (χ2v) is 10.1. The Kier molecular flexibility index (Phi) is 8.78. The number of benzene rings is 4. The van der Waals surface area contributed by atoms with E-state index >= 15 is 0 Å². The van der Waals surface area contributed by atoms with E-state index in [0.29, 0.717) is 52.7 Å². The lowest BCUT2D eigenvalue weighted by molar-refractivity contribution is 0.0954. The van der Waals surface area contributed by atoms with Crippen molar-refractivity contribution in [2.45, 2.75) is 33.0 Å². The maximum absolute atomic E-state index is 12.9. The fourth-order valence-electron chi connectivity index (χ4n) is 4.67. The molecule has 0 aliphatic carbocycles. The molecule has 0 radical (unpaired) electrons. The van der Waals surface area contributed by atoms with Gasteiger partial charge in [0.2, 0.25) is 0 Å². The van der Waals surface area contributed by atoms with Gasteiger partial charge in [0.15, 0.2) is 11.5 Å². The molecule has 4 aromatic carbocycles. The van der Waals surface area contributed by atoms with Crippen molar-refractivity contribution in [2.24, 2.45) is 0 Å². The van der Waals surface area contributed by atoms with E-state index in [1.165, 1.54) is 0 Å². The zero-order valence-electron chi connectivity index (χ0n) is 23.8. The van der Waals surface area contributed by atoms with Crippen LogP contribution in [0, 0.1) is 0 Å². The normalized spacial score (nSPS) is 10.9. The first kappa shape index (κ1) is 28.4. The average molecular weight is 561 g/mol. The number of aldehydes is 1. The Labute approximate surface area is 245 Å². The van der Waals surface area contributed by atoms with Crippen molar-refractivity contribution in [1.82, 2.24) is 10.5 Å². The van der Waals surface area contributed by atoms with Crippen molar-refractivity contribution in [3.05, 3.63) is 125 Å². The minimum atomic E-state index is -0.391. The highest BCUT2D eigenvalue weighted by Crippen LogP contribution is 2.44. The predicted molar refractivity (Wildman–Crippen MR) is 162 cm³/mol. The molecule has 7 nitrogen and oxygen atoms in total. The number of hydrogen-bond acceptors (Lipinski definition) is 6. The van der Waals surface area contributed by atoms with Crippen LogP contribution in [0.4, 0.5) is 0 Å². The topological polar surface area (TPSA) is 90.7 Å². The molecule has 0 spiro atoms. The minimum absolute atomic E-state index is 0.106. The van der Waals surface area contributed by atoms with Crippen LogP contribution in [0.3, 0.4) is 0 Å². The quantitative estimate of drug-likeness (QED) is 0.169. The molecule has 1 N–H and O–H groups in total. The lowest BCUT2D eigenvalue weighted by atomic mass is 9.93. The Morgan fingerprint density at radius 3 is 2.00 bits per heavy atom. The monoisotopic (exact) mass is 560 g/mol. The third-order valence-electron chi connectivity index (χ3n) is 6.92. The van der Waals surface area contributed by atoms with Gasteiger partial charge in [0, 0.05) is 18.7 Å². The van der Waals surface area contributed by atoms with Crippen LogP contribution >= 0.6 is 0 Å². The smallest absolute Gasteiger partial charge is 0.273 e. The molecule has 1 heterocycles. The highest BCUT2D eigenvalue weighted by Gasteiger charge is 2.27. The van der Waals surface area contributed by atoms with Crippen LogP contribution in [0.15, 0.2) is 102 Å². The van der Waals surface area contributed by atoms with Crippen molar-refractivity contribution in [2.75, 3.05) is 7.05 Å². The van der Waals surface area contributed by atoms with Gasteiger partial charge in [-0.25, -0.2) is 0 Å².